The molecule has 122 valence electrons. The van der Waals surface area contributed by atoms with Gasteiger partial charge in [0.05, 0.1) is 18.2 Å². The zero-order valence-electron chi connectivity index (χ0n) is 13.2. The van der Waals surface area contributed by atoms with Gasteiger partial charge in [-0.05, 0) is 38.0 Å². The van der Waals surface area contributed by atoms with Crippen molar-refractivity contribution in [3.63, 3.8) is 0 Å². The summed E-state index contributed by atoms with van der Waals surface area (Å²) in [6, 6.07) is 7.17. The fraction of sp³-hybridized carbons (Fsp3) is 0.562. The van der Waals surface area contributed by atoms with Crippen molar-refractivity contribution in [2.24, 2.45) is 0 Å². The van der Waals surface area contributed by atoms with Gasteiger partial charge in [0.15, 0.2) is 0 Å². The highest BCUT2D eigenvalue weighted by Gasteiger charge is 2.32. The zero-order valence-corrected chi connectivity index (χ0v) is 13.9. The topological polar surface area (TPSA) is 61.8 Å². The van der Waals surface area contributed by atoms with Gasteiger partial charge in [0.1, 0.15) is 6.10 Å². The number of amides is 2. The van der Waals surface area contributed by atoms with E-state index in [9.17, 15) is 9.90 Å². The second-order valence-corrected chi connectivity index (χ2v) is 6.79. The molecule has 0 aliphatic carbocycles. The Bertz CT molecular complexity index is 513. The number of nitrogens with zero attached hydrogens (tertiary/aromatic N) is 1. The summed E-state index contributed by atoms with van der Waals surface area (Å²) >= 11 is 5.90. The van der Waals surface area contributed by atoms with Gasteiger partial charge in [0, 0.05) is 18.7 Å². The fourth-order valence-corrected chi connectivity index (χ4v) is 2.77. The number of nitrogens with one attached hydrogen (secondary N) is 1. The number of hydrogen-bond donors (Lipinski definition) is 2. The van der Waals surface area contributed by atoms with E-state index in [1.807, 2.05) is 24.3 Å². The molecule has 2 N–H and O–H groups in total. The highest BCUT2D eigenvalue weighted by atomic mass is 35.5. The molecule has 2 unspecified atom stereocenters. The van der Waals surface area contributed by atoms with E-state index in [-0.39, 0.29) is 24.7 Å². The number of likely N-dealkylation sites (N-methyl/N-ethyl adjacent to an activating group) is 1. The first kappa shape index (κ1) is 17.1. The molecule has 0 spiro atoms. The van der Waals surface area contributed by atoms with Gasteiger partial charge in [-0.3, -0.25) is 0 Å². The SMILES string of the molecule is CN(CC(C)(C)O)C(=O)NC1CCOC1c1ccc(Cl)cc1. The fourth-order valence-electron chi connectivity index (χ4n) is 2.64. The predicted octanol–water partition coefficient (Wildman–Crippen LogP) is 2.58. The third kappa shape index (κ3) is 4.60. The van der Waals surface area contributed by atoms with Gasteiger partial charge in [-0.1, -0.05) is 23.7 Å². The minimum absolute atomic E-state index is 0.0852. The molecule has 1 saturated heterocycles. The van der Waals surface area contributed by atoms with Crippen LogP contribution in [0.3, 0.4) is 0 Å². The molecule has 0 saturated carbocycles. The lowest BCUT2D eigenvalue weighted by Gasteiger charge is -2.28. The molecule has 2 amide bonds. The van der Waals surface area contributed by atoms with Crippen molar-refractivity contribution in [1.82, 2.24) is 10.2 Å². The molecule has 1 aliphatic rings. The summed E-state index contributed by atoms with van der Waals surface area (Å²) in [7, 11) is 1.67. The van der Waals surface area contributed by atoms with E-state index in [1.165, 1.54) is 4.90 Å². The molecular formula is C16H23ClN2O3. The lowest BCUT2D eigenvalue weighted by atomic mass is 10.0. The molecule has 0 bridgehead atoms. The summed E-state index contributed by atoms with van der Waals surface area (Å²) < 4.78 is 5.75. The van der Waals surface area contributed by atoms with Crippen LogP contribution in [0, 0.1) is 0 Å². The van der Waals surface area contributed by atoms with E-state index in [0.29, 0.717) is 11.6 Å². The number of ether oxygens (including phenoxy) is 1. The van der Waals surface area contributed by atoms with Crippen molar-refractivity contribution in [2.75, 3.05) is 20.2 Å². The number of urea groups is 1. The van der Waals surface area contributed by atoms with Crippen molar-refractivity contribution in [1.29, 1.82) is 0 Å². The standard InChI is InChI=1S/C16H23ClN2O3/c1-16(2,21)10-19(3)15(20)18-13-8-9-22-14(13)11-4-6-12(17)7-5-11/h4-7,13-14,21H,8-10H2,1-3H3,(H,18,20). The average molecular weight is 327 g/mol. The second kappa shape index (κ2) is 6.86. The molecule has 2 rings (SSSR count). The van der Waals surface area contributed by atoms with E-state index < -0.39 is 5.60 Å². The third-order valence-electron chi connectivity index (χ3n) is 3.57. The molecule has 5 nitrogen and oxygen atoms in total. The first-order valence-corrected chi connectivity index (χ1v) is 7.75. The van der Waals surface area contributed by atoms with Crippen LogP contribution in [0.2, 0.25) is 5.02 Å². The van der Waals surface area contributed by atoms with Crippen LogP contribution in [0.4, 0.5) is 4.79 Å². The number of aliphatic hydroxyl groups is 1. The number of carbonyl (C=O) groups excluding carboxylic acids is 1. The number of rotatable bonds is 4. The normalized spacial score (nSPS) is 21.7. The van der Waals surface area contributed by atoms with Gasteiger partial charge >= 0.3 is 6.03 Å². The van der Waals surface area contributed by atoms with Crippen molar-refractivity contribution in [2.45, 2.75) is 38.0 Å². The van der Waals surface area contributed by atoms with Crippen molar-refractivity contribution in [3.05, 3.63) is 34.9 Å². The smallest absolute Gasteiger partial charge is 0.317 e. The highest BCUT2D eigenvalue weighted by Crippen LogP contribution is 2.30. The van der Waals surface area contributed by atoms with Crippen LogP contribution in [-0.4, -0.2) is 47.9 Å². The number of hydrogen-bond acceptors (Lipinski definition) is 3. The summed E-state index contributed by atoms with van der Waals surface area (Å²) in [6.45, 7) is 4.21. The summed E-state index contributed by atoms with van der Waals surface area (Å²) in [4.78, 5) is 13.7. The van der Waals surface area contributed by atoms with Crippen LogP contribution in [0.25, 0.3) is 0 Å². The first-order valence-electron chi connectivity index (χ1n) is 7.37. The largest absolute Gasteiger partial charge is 0.389 e. The van der Waals surface area contributed by atoms with Gasteiger partial charge in [-0.15, -0.1) is 0 Å². The Morgan fingerprint density at radius 2 is 2.09 bits per heavy atom. The van der Waals surface area contributed by atoms with Crippen LogP contribution in [-0.2, 0) is 4.74 Å². The molecule has 1 heterocycles. The highest BCUT2D eigenvalue weighted by molar-refractivity contribution is 6.30. The molecule has 6 heteroatoms. The number of carbonyl (C=O) groups is 1. The number of benzene rings is 1. The van der Waals surface area contributed by atoms with E-state index in [0.717, 1.165) is 12.0 Å². The molecule has 1 aromatic rings. The lowest BCUT2D eigenvalue weighted by Crippen LogP contribution is -2.48. The van der Waals surface area contributed by atoms with E-state index in [1.54, 1.807) is 20.9 Å². The zero-order chi connectivity index (χ0) is 16.3. The van der Waals surface area contributed by atoms with Gasteiger partial charge in [-0.2, -0.15) is 0 Å². The lowest BCUT2D eigenvalue weighted by molar-refractivity contribution is 0.0516. The van der Waals surface area contributed by atoms with E-state index in [4.69, 9.17) is 16.3 Å². The Morgan fingerprint density at radius 3 is 2.68 bits per heavy atom. The molecule has 2 atom stereocenters. The van der Waals surface area contributed by atoms with Crippen LogP contribution < -0.4 is 5.32 Å². The average Bonchev–Trinajstić information content (AvgIpc) is 2.85. The number of halogens is 1. The van der Waals surface area contributed by atoms with Crippen molar-refractivity contribution >= 4 is 17.6 Å². The van der Waals surface area contributed by atoms with Gasteiger partial charge < -0.3 is 20.1 Å². The quantitative estimate of drug-likeness (QED) is 0.894. The maximum atomic E-state index is 12.2. The van der Waals surface area contributed by atoms with E-state index >= 15 is 0 Å². The molecule has 1 aromatic carbocycles. The van der Waals surface area contributed by atoms with Crippen LogP contribution >= 0.6 is 11.6 Å². The summed E-state index contributed by atoms with van der Waals surface area (Å²) in [5.74, 6) is 0. The Morgan fingerprint density at radius 1 is 1.45 bits per heavy atom. The summed E-state index contributed by atoms with van der Waals surface area (Å²) in [6.07, 6.45) is 0.590. The Labute approximate surface area is 136 Å². The van der Waals surface area contributed by atoms with Crippen LogP contribution in [0.1, 0.15) is 31.9 Å². The van der Waals surface area contributed by atoms with Crippen LogP contribution in [0.5, 0.6) is 0 Å². The minimum atomic E-state index is -0.923. The van der Waals surface area contributed by atoms with Gasteiger partial charge in [-0.25, -0.2) is 4.79 Å². The predicted molar refractivity (Wildman–Crippen MR) is 86.0 cm³/mol. The van der Waals surface area contributed by atoms with Crippen molar-refractivity contribution in [3.8, 4) is 0 Å². The van der Waals surface area contributed by atoms with E-state index in [2.05, 4.69) is 5.32 Å². The molecular weight excluding hydrogens is 304 g/mol. The maximum Gasteiger partial charge on any atom is 0.317 e. The molecule has 0 radical (unpaired) electrons. The van der Waals surface area contributed by atoms with Crippen molar-refractivity contribution < 1.29 is 14.6 Å². The third-order valence-corrected chi connectivity index (χ3v) is 3.82. The Kier molecular flexibility index (Phi) is 5.32. The molecule has 1 aliphatic heterocycles. The summed E-state index contributed by atoms with van der Waals surface area (Å²) in [5, 5.41) is 13.5. The van der Waals surface area contributed by atoms with Gasteiger partial charge in [0.2, 0.25) is 0 Å². The van der Waals surface area contributed by atoms with Gasteiger partial charge in [0.25, 0.3) is 0 Å². The maximum absolute atomic E-state index is 12.2. The second-order valence-electron chi connectivity index (χ2n) is 6.36. The molecule has 1 fully saturated rings. The molecule has 0 aromatic heterocycles. The van der Waals surface area contributed by atoms with Crippen LogP contribution in [0.15, 0.2) is 24.3 Å². The monoisotopic (exact) mass is 326 g/mol. The Hall–Kier alpha value is -1.30. The first-order chi connectivity index (χ1) is 10.3. The minimum Gasteiger partial charge on any atom is -0.389 e. The Balaban J connectivity index is 1.99. The summed E-state index contributed by atoms with van der Waals surface area (Å²) in [5.41, 5.74) is 0.0748. The molecule has 22 heavy (non-hydrogen) atoms.